The van der Waals surface area contributed by atoms with Gasteiger partial charge in [-0.1, -0.05) is 18.9 Å². The predicted octanol–water partition coefficient (Wildman–Crippen LogP) is 3.51. The van der Waals surface area contributed by atoms with Gasteiger partial charge in [-0.3, -0.25) is 0 Å². The Morgan fingerprint density at radius 1 is 1.16 bits per heavy atom. The molecule has 0 radical (unpaired) electrons. The largest absolute Gasteiger partial charge is 0.475 e. The van der Waals surface area contributed by atoms with Crippen LogP contribution >= 0.6 is 0 Å². The lowest BCUT2D eigenvalue weighted by Gasteiger charge is -2.32. The fraction of sp³-hybridized carbons (Fsp3) is 0.733. The van der Waals surface area contributed by atoms with Gasteiger partial charge < -0.3 is 14.1 Å². The Morgan fingerprint density at radius 3 is 2.68 bits per heavy atom. The summed E-state index contributed by atoms with van der Waals surface area (Å²) in [5.41, 5.74) is 0. The van der Waals surface area contributed by atoms with Crippen LogP contribution in [0, 0.1) is 0 Å². The highest BCUT2D eigenvalue weighted by atomic mass is 28.4. The zero-order valence-corrected chi connectivity index (χ0v) is 13.4. The molecule has 2 aliphatic heterocycles. The first-order valence-electron chi connectivity index (χ1n) is 7.53. The van der Waals surface area contributed by atoms with E-state index in [0.717, 1.165) is 19.0 Å². The summed E-state index contributed by atoms with van der Waals surface area (Å²) in [5, 5.41) is 0. The molecule has 0 bridgehead atoms. The molecule has 0 aromatic rings. The minimum absolute atomic E-state index is 0.715. The fourth-order valence-electron chi connectivity index (χ4n) is 2.87. The molecule has 0 N–H and O–H groups in total. The summed E-state index contributed by atoms with van der Waals surface area (Å²) in [5.74, 6) is 1.06. The number of nitrogens with zero attached hydrogens (tertiary/aromatic N) is 1. The van der Waals surface area contributed by atoms with Crippen molar-refractivity contribution in [3.05, 3.63) is 24.1 Å². The van der Waals surface area contributed by atoms with Crippen LogP contribution in [0.1, 0.15) is 25.7 Å². The van der Waals surface area contributed by atoms with Crippen LogP contribution in [-0.4, -0.2) is 40.0 Å². The second-order valence-electron chi connectivity index (χ2n) is 5.80. The highest BCUT2D eigenvalue weighted by Crippen LogP contribution is 2.25. The molecular weight excluding hydrogens is 254 g/mol. The van der Waals surface area contributed by atoms with E-state index >= 15 is 0 Å². The Hall–Kier alpha value is -0.743. The van der Waals surface area contributed by atoms with Gasteiger partial charge in [0.05, 0.1) is 0 Å². The van der Waals surface area contributed by atoms with Gasteiger partial charge in [-0.15, -0.1) is 0 Å². The molecule has 1 saturated heterocycles. The third-order valence-corrected chi connectivity index (χ3v) is 8.08. The molecule has 0 aliphatic carbocycles. The molecule has 0 saturated carbocycles. The molecular formula is C15H27NO2Si. The van der Waals surface area contributed by atoms with E-state index in [4.69, 9.17) is 9.16 Å². The number of rotatable bonds is 2. The van der Waals surface area contributed by atoms with Crippen LogP contribution in [0.5, 0.6) is 0 Å². The first kappa shape index (κ1) is 14.7. The van der Waals surface area contributed by atoms with Gasteiger partial charge in [0.15, 0.2) is 14.2 Å². The summed E-state index contributed by atoms with van der Waals surface area (Å²) in [4.78, 5) is 2.42. The quantitative estimate of drug-likeness (QED) is 0.723. The summed E-state index contributed by atoms with van der Waals surface area (Å²) in [7, 11) is 0.482. The van der Waals surface area contributed by atoms with Crippen molar-refractivity contribution in [3.63, 3.8) is 0 Å². The van der Waals surface area contributed by atoms with Gasteiger partial charge in [0.1, 0.15) is 6.61 Å². The average molecular weight is 281 g/mol. The molecule has 2 aliphatic rings. The lowest BCUT2D eigenvalue weighted by molar-refractivity contribution is 0.125. The normalized spacial score (nSPS) is 29.6. The van der Waals surface area contributed by atoms with Crippen molar-refractivity contribution in [3.8, 4) is 0 Å². The molecule has 1 fully saturated rings. The van der Waals surface area contributed by atoms with E-state index in [1.165, 1.54) is 37.8 Å². The van der Waals surface area contributed by atoms with E-state index in [0.29, 0.717) is 6.61 Å². The van der Waals surface area contributed by atoms with Crippen molar-refractivity contribution in [1.29, 1.82) is 0 Å². The van der Waals surface area contributed by atoms with Crippen molar-refractivity contribution in [2.24, 2.45) is 0 Å². The van der Waals surface area contributed by atoms with Crippen LogP contribution in [0.3, 0.4) is 0 Å². The third-order valence-electron chi connectivity index (χ3n) is 4.27. The van der Waals surface area contributed by atoms with Crippen molar-refractivity contribution >= 4 is 8.32 Å². The number of allylic oxidation sites excluding steroid dienone is 2. The minimum atomic E-state index is -1.43. The van der Waals surface area contributed by atoms with Crippen LogP contribution in [0.25, 0.3) is 0 Å². The molecule has 19 heavy (non-hydrogen) atoms. The summed E-state index contributed by atoms with van der Waals surface area (Å²) in [6.45, 7) is 5.33. The first-order valence-corrected chi connectivity index (χ1v) is 10.4. The Balaban J connectivity index is 1.95. The highest BCUT2D eigenvalue weighted by Gasteiger charge is 2.27. The standard InChI is InChI=1S/C15H27NO2Si/c1-17-19(2)13-7-3-5-10-16(11-8-14-19)15-9-4-6-12-18-15/h4,6,9H,3,5,7-8,10-14H2,1-2H3. The maximum absolute atomic E-state index is 5.85. The van der Waals surface area contributed by atoms with Crippen molar-refractivity contribution in [2.45, 2.75) is 44.3 Å². The van der Waals surface area contributed by atoms with Crippen molar-refractivity contribution in [2.75, 3.05) is 26.8 Å². The molecule has 0 aromatic heterocycles. The zero-order valence-electron chi connectivity index (χ0n) is 12.4. The molecule has 108 valence electrons. The summed E-state index contributed by atoms with van der Waals surface area (Å²) in [6.07, 6.45) is 11.4. The van der Waals surface area contributed by atoms with E-state index in [1.807, 2.05) is 7.11 Å². The smallest absolute Gasteiger partial charge is 0.189 e. The topological polar surface area (TPSA) is 21.7 Å². The highest BCUT2D eigenvalue weighted by molar-refractivity contribution is 6.72. The van der Waals surface area contributed by atoms with E-state index in [1.54, 1.807) is 0 Å². The van der Waals surface area contributed by atoms with E-state index in [2.05, 4.69) is 29.7 Å². The van der Waals surface area contributed by atoms with Gasteiger partial charge >= 0.3 is 0 Å². The van der Waals surface area contributed by atoms with Gasteiger partial charge in [0, 0.05) is 20.2 Å². The molecule has 0 aromatic carbocycles. The Bertz CT molecular complexity index is 343. The molecule has 2 rings (SSSR count). The Labute approximate surface area is 118 Å². The SMILES string of the molecule is CO[Si]1(C)CCCCCN(C2=CC=CCO2)CCC1. The molecule has 1 unspecified atom stereocenters. The van der Waals surface area contributed by atoms with Crippen LogP contribution < -0.4 is 0 Å². The third kappa shape index (κ3) is 4.39. The Morgan fingerprint density at radius 2 is 1.95 bits per heavy atom. The number of ether oxygens (including phenoxy) is 1. The minimum Gasteiger partial charge on any atom is -0.475 e. The van der Waals surface area contributed by atoms with E-state index < -0.39 is 8.32 Å². The fourth-order valence-corrected chi connectivity index (χ4v) is 5.43. The van der Waals surface area contributed by atoms with Crippen LogP contribution in [-0.2, 0) is 9.16 Å². The van der Waals surface area contributed by atoms with Gasteiger partial charge in [0.2, 0.25) is 0 Å². The van der Waals surface area contributed by atoms with E-state index in [-0.39, 0.29) is 0 Å². The van der Waals surface area contributed by atoms with Crippen molar-refractivity contribution < 1.29 is 9.16 Å². The molecule has 1 atom stereocenters. The van der Waals surface area contributed by atoms with Gasteiger partial charge in [-0.25, -0.2) is 0 Å². The summed E-state index contributed by atoms with van der Waals surface area (Å²) >= 11 is 0. The number of hydrogen-bond acceptors (Lipinski definition) is 3. The molecule has 3 nitrogen and oxygen atoms in total. The van der Waals surface area contributed by atoms with Gasteiger partial charge in [-0.2, -0.15) is 0 Å². The monoisotopic (exact) mass is 281 g/mol. The molecule has 4 heteroatoms. The second-order valence-corrected chi connectivity index (χ2v) is 10.1. The Kier molecular flexibility index (Phi) is 5.52. The molecule has 0 spiro atoms. The van der Waals surface area contributed by atoms with Crippen molar-refractivity contribution in [1.82, 2.24) is 4.90 Å². The molecule has 0 amide bonds. The number of hydrogen-bond donors (Lipinski definition) is 0. The summed E-state index contributed by atoms with van der Waals surface area (Å²) < 4.78 is 11.6. The lowest BCUT2D eigenvalue weighted by atomic mass is 10.2. The average Bonchev–Trinajstić information content (AvgIpc) is 2.46. The predicted molar refractivity (Wildman–Crippen MR) is 81.5 cm³/mol. The lowest BCUT2D eigenvalue weighted by Crippen LogP contribution is -2.36. The van der Waals surface area contributed by atoms with Crippen LogP contribution in [0.4, 0.5) is 0 Å². The second kappa shape index (κ2) is 7.15. The van der Waals surface area contributed by atoms with Gasteiger partial charge in [-0.05, 0) is 43.6 Å². The maximum Gasteiger partial charge on any atom is 0.189 e. The van der Waals surface area contributed by atoms with E-state index in [9.17, 15) is 0 Å². The van der Waals surface area contributed by atoms with Crippen LogP contribution in [0.15, 0.2) is 24.1 Å². The summed E-state index contributed by atoms with van der Waals surface area (Å²) in [6, 6.07) is 2.59. The zero-order chi connectivity index (χ0) is 13.6. The molecule has 2 heterocycles. The van der Waals surface area contributed by atoms with Gasteiger partial charge in [0.25, 0.3) is 0 Å². The maximum atomic E-state index is 5.85. The van der Waals surface area contributed by atoms with Crippen LogP contribution in [0.2, 0.25) is 18.6 Å². The first-order chi connectivity index (χ1) is 9.23.